The summed E-state index contributed by atoms with van der Waals surface area (Å²) in [5.41, 5.74) is 3.94. The molecule has 0 bridgehead atoms. The molecule has 0 fully saturated rings. The molecule has 0 atom stereocenters. The second kappa shape index (κ2) is 9.57. The van der Waals surface area contributed by atoms with Gasteiger partial charge in [-0.3, -0.25) is 4.79 Å². The van der Waals surface area contributed by atoms with Crippen LogP contribution in [0.15, 0.2) is 103 Å². The number of hydrogen-bond donors (Lipinski definition) is 3. The van der Waals surface area contributed by atoms with Gasteiger partial charge in [0.25, 0.3) is 5.91 Å². The molecule has 35 heavy (non-hydrogen) atoms. The first-order valence-corrected chi connectivity index (χ1v) is 11.1. The first-order chi connectivity index (χ1) is 17.1. The second-order valence-electron chi connectivity index (χ2n) is 8.08. The highest BCUT2D eigenvalue weighted by molar-refractivity contribution is 6.08. The largest absolute Gasteiger partial charge is 0.489 e. The van der Waals surface area contributed by atoms with E-state index in [-0.39, 0.29) is 18.1 Å². The van der Waals surface area contributed by atoms with E-state index in [1.165, 1.54) is 12.1 Å². The van der Waals surface area contributed by atoms with Crippen LogP contribution in [0, 0.1) is 0 Å². The van der Waals surface area contributed by atoms with Crippen LogP contribution < -0.4 is 10.1 Å². The SMILES string of the molecule is O=C(Nc1ccccc1)C(=Cc1ccc(C(=O)O)cc1)COc1ccc2c(c1)[nH]c1ccccc12. The van der Waals surface area contributed by atoms with E-state index >= 15 is 0 Å². The van der Waals surface area contributed by atoms with E-state index in [1.807, 2.05) is 66.7 Å². The number of anilines is 1. The minimum Gasteiger partial charge on any atom is -0.489 e. The van der Waals surface area contributed by atoms with E-state index in [9.17, 15) is 9.59 Å². The predicted molar refractivity (Wildman–Crippen MR) is 138 cm³/mol. The normalized spacial score (nSPS) is 11.5. The van der Waals surface area contributed by atoms with Crippen LogP contribution in [-0.4, -0.2) is 28.6 Å². The summed E-state index contributed by atoms with van der Waals surface area (Å²) >= 11 is 0. The minimum absolute atomic E-state index is 0.0328. The number of hydrogen-bond acceptors (Lipinski definition) is 3. The molecular weight excluding hydrogens is 440 g/mol. The first-order valence-electron chi connectivity index (χ1n) is 11.1. The highest BCUT2D eigenvalue weighted by atomic mass is 16.5. The average molecular weight is 463 g/mol. The third kappa shape index (κ3) is 4.91. The third-order valence-electron chi connectivity index (χ3n) is 5.69. The standard InChI is InChI=1S/C29H22N2O4/c32-28(30-22-6-2-1-3-7-22)21(16-19-10-12-20(13-11-19)29(33)34)18-35-23-14-15-25-24-8-4-5-9-26(24)31-27(25)17-23/h1-17,31H,18H2,(H,30,32)(H,33,34). The number of carboxylic acid groups (broad SMARTS) is 1. The first kappa shape index (κ1) is 22.0. The number of fused-ring (bicyclic) bond motifs is 3. The summed E-state index contributed by atoms with van der Waals surface area (Å²) in [5, 5.41) is 14.3. The number of aromatic amines is 1. The Hall–Kier alpha value is -4.84. The fourth-order valence-corrected chi connectivity index (χ4v) is 3.91. The van der Waals surface area contributed by atoms with E-state index in [2.05, 4.69) is 16.4 Å². The number of carbonyl (C=O) groups is 2. The van der Waals surface area contributed by atoms with Gasteiger partial charge in [-0.05, 0) is 54.1 Å². The lowest BCUT2D eigenvalue weighted by Crippen LogP contribution is -2.19. The van der Waals surface area contributed by atoms with Crippen molar-refractivity contribution in [3.05, 3.63) is 114 Å². The molecule has 5 rings (SSSR count). The molecule has 6 nitrogen and oxygen atoms in total. The van der Waals surface area contributed by atoms with Crippen LogP contribution in [-0.2, 0) is 4.79 Å². The molecule has 0 spiro atoms. The Morgan fingerprint density at radius 2 is 1.54 bits per heavy atom. The van der Waals surface area contributed by atoms with Crippen LogP contribution in [0.3, 0.4) is 0 Å². The fraction of sp³-hybridized carbons (Fsp3) is 0.0345. The monoisotopic (exact) mass is 462 g/mol. The van der Waals surface area contributed by atoms with Crippen molar-refractivity contribution in [1.29, 1.82) is 0 Å². The number of carboxylic acids is 1. The molecule has 172 valence electrons. The summed E-state index contributed by atoms with van der Waals surface area (Å²) in [6.45, 7) is 0.0328. The van der Waals surface area contributed by atoms with Gasteiger partial charge in [0.2, 0.25) is 0 Å². The highest BCUT2D eigenvalue weighted by Gasteiger charge is 2.13. The van der Waals surface area contributed by atoms with Gasteiger partial charge in [0.15, 0.2) is 0 Å². The molecule has 0 saturated carbocycles. The number of ether oxygens (including phenoxy) is 1. The summed E-state index contributed by atoms with van der Waals surface area (Å²) in [7, 11) is 0. The number of amides is 1. The fourth-order valence-electron chi connectivity index (χ4n) is 3.91. The number of rotatable bonds is 7. The number of benzene rings is 4. The van der Waals surface area contributed by atoms with Crippen molar-refractivity contribution < 1.29 is 19.4 Å². The molecule has 1 amide bonds. The van der Waals surface area contributed by atoms with E-state index in [4.69, 9.17) is 9.84 Å². The van der Waals surface area contributed by atoms with Crippen molar-refractivity contribution in [1.82, 2.24) is 4.98 Å². The number of H-pyrrole nitrogens is 1. The Morgan fingerprint density at radius 1 is 0.829 bits per heavy atom. The van der Waals surface area contributed by atoms with Crippen molar-refractivity contribution >= 4 is 45.4 Å². The molecule has 0 aliphatic carbocycles. The number of aromatic nitrogens is 1. The van der Waals surface area contributed by atoms with E-state index in [1.54, 1.807) is 18.2 Å². The molecule has 0 unspecified atom stereocenters. The molecule has 0 radical (unpaired) electrons. The molecule has 1 aromatic heterocycles. The molecule has 0 saturated heterocycles. The molecule has 3 N–H and O–H groups in total. The van der Waals surface area contributed by atoms with E-state index in [0.29, 0.717) is 22.6 Å². The summed E-state index contributed by atoms with van der Waals surface area (Å²) in [6, 6.07) is 29.4. The molecule has 0 aliphatic rings. The lowest BCUT2D eigenvalue weighted by Gasteiger charge is -2.12. The van der Waals surface area contributed by atoms with Crippen LogP contribution in [0.4, 0.5) is 5.69 Å². The molecule has 0 aliphatic heterocycles. The summed E-state index contributed by atoms with van der Waals surface area (Å²) in [4.78, 5) is 27.6. The van der Waals surface area contributed by atoms with Crippen LogP contribution in [0.25, 0.3) is 27.9 Å². The van der Waals surface area contributed by atoms with Gasteiger partial charge in [0.1, 0.15) is 12.4 Å². The Bertz CT molecular complexity index is 1550. The number of nitrogens with one attached hydrogen (secondary N) is 2. The second-order valence-corrected chi connectivity index (χ2v) is 8.08. The van der Waals surface area contributed by atoms with Gasteiger partial charge in [-0.2, -0.15) is 0 Å². The molecule has 4 aromatic carbocycles. The van der Waals surface area contributed by atoms with Gasteiger partial charge >= 0.3 is 5.97 Å². The Balaban J connectivity index is 1.41. The topological polar surface area (TPSA) is 91.4 Å². The van der Waals surface area contributed by atoms with Crippen molar-refractivity contribution in [2.45, 2.75) is 0 Å². The van der Waals surface area contributed by atoms with Gasteiger partial charge in [0.05, 0.1) is 16.7 Å². The predicted octanol–water partition coefficient (Wildman–Crippen LogP) is 6.12. The van der Waals surface area contributed by atoms with Crippen LogP contribution in [0.2, 0.25) is 0 Å². The van der Waals surface area contributed by atoms with Crippen molar-refractivity contribution in [3.8, 4) is 5.75 Å². The smallest absolute Gasteiger partial charge is 0.335 e. The maximum atomic E-state index is 13.1. The van der Waals surface area contributed by atoms with Crippen LogP contribution in [0.1, 0.15) is 15.9 Å². The lowest BCUT2D eigenvalue weighted by molar-refractivity contribution is -0.113. The molecule has 5 aromatic rings. The Kier molecular flexibility index (Phi) is 6.01. The molecule has 6 heteroatoms. The van der Waals surface area contributed by atoms with E-state index in [0.717, 1.165) is 21.8 Å². The Labute approximate surface area is 201 Å². The highest BCUT2D eigenvalue weighted by Crippen LogP contribution is 2.28. The lowest BCUT2D eigenvalue weighted by atomic mass is 10.1. The van der Waals surface area contributed by atoms with Gasteiger partial charge in [-0.15, -0.1) is 0 Å². The number of carbonyl (C=O) groups excluding carboxylic acids is 1. The summed E-state index contributed by atoms with van der Waals surface area (Å²) in [5.74, 6) is -0.674. The van der Waals surface area contributed by atoms with Gasteiger partial charge < -0.3 is 20.1 Å². The maximum Gasteiger partial charge on any atom is 0.335 e. The molecular formula is C29H22N2O4. The van der Waals surface area contributed by atoms with Crippen LogP contribution in [0.5, 0.6) is 5.75 Å². The summed E-state index contributed by atoms with van der Waals surface area (Å²) < 4.78 is 6.02. The number of aromatic carboxylic acids is 1. The third-order valence-corrected chi connectivity index (χ3v) is 5.69. The minimum atomic E-state index is -1.00. The van der Waals surface area contributed by atoms with Crippen molar-refractivity contribution in [2.75, 3.05) is 11.9 Å². The Morgan fingerprint density at radius 3 is 2.31 bits per heavy atom. The maximum absolute atomic E-state index is 13.1. The number of para-hydroxylation sites is 2. The van der Waals surface area contributed by atoms with Gasteiger partial charge in [0, 0.05) is 28.0 Å². The van der Waals surface area contributed by atoms with E-state index < -0.39 is 5.97 Å². The summed E-state index contributed by atoms with van der Waals surface area (Å²) in [6.07, 6.45) is 1.70. The van der Waals surface area contributed by atoms with Gasteiger partial charge in [-0.1, -0.05) is 48.5 Å². The van der Waals surface area contributed by atoms with Crippen molar-refractivity contribution in [3.63, 3.8) is 0 Å². The molecule has 1 heterocycles. The van der Waals surface area contributed by atoms with Crippen LogP contribution >= 0.6 is 0 Å². The zero-order valence-electron chi connectivity index (χ0n) is 18.7. The average Bonchev–Trinajstić information content (AvgIpc) is 3.25. The quantitative estimate of drug-likeness (QED) is 0.254. The van der Waals surface area contributed by atoms with Gasteiger partial charge in [-0.25, -0.2) is 4.79 Å². The zero-order chi connectivity index (χ0) is 24.2. The zero-order valence-corrected chi connectivity index (χ0v) is 18.7. The van der Waals surface area contributed by atoms with Crippen molar-refractivity contribution in [2.24, 2.45) is 0 Å².